The predicted molar refractivity (Wildman–Crippen MR) is 62.6 cm³/mol. The molecule has 1 aliphatic rings. The zero-order valence-electron chi connectivity index (χ0n) is 9.89. The number of nitrogens with one attached hydrogen (secondary N) is 1. The molecule has 1 rings (SSSR count). The molecule has 0 radical (unpaired) electrons. The van der Waals surface area contributed by atoms with Gasteiger partial charge in [0.05, 0.1) is 0 Å². The van der Waals surface area contributed by atoms with E-state index < -0.39 is 0 Å². The van der Waals surface area contributed by atoms with Gasteiger partial charge in [0.15, 0.2) is 0 Å². The lowest BCUT2D eigenvalue weighted by Gasteiger charge is -2.15. The van der Waals surface area contributed by atoms with Crippen LogP contribution in [0.2, 0.25) is 0 Å². The summed E-state index contributed by atoms with van der Waals surface area (Å²) in [6, 6.07) is 0. The Morgan fingerprint density at radius 3 is 2.86 bits per heavy atom. The standard InChI is InChI=1S/C12H26N2/c1-3-4-5-6-8-14-9-7-12(11-14)10-13-2/h12-13H,3-11H2,1-2H3. The van der Waals surface area contributed by atoms with Crippen LogP contribution in [0.4, 0.5) is 0 Å². The van der Waals surface area contributed by atoms with E-state index in [1.807, 2.05) is 0 Å². The highest BCUT2D eigenvalue weighted by Gasteiger charge is 2.20. The summed E-state index contributed by atoms with van der Waals surface area (Å²) in [5, 5.41) is 3.28. The second-order valence-corrected chi connectivity index (χ2v) is 4.57. The van der Waals surface area contributed by atoms with E-state index in [-0.39, 0.29) is 0 Å². The molecule has 1 N–H and O–H groups in total. The van der Waals surface area contributed by atoms with E-state index >= 15 is 0 Å². The molecule has 0 aromatic rings. The van der Waals surface area contributed by atoms with Crippen molar-refractivity contribution in [2.24, 2.45) is 5.92 Å². The molecule has 2 nitrogen and oxygen atoms in total. The Labute approximate surface area is 89.1 Å². The minimum atomic E-state index is 0.908. The third-order valence-corrected chi connectivity index (χ3v) is 3.19. The largest absolute Gasteiger partial charge is 0.319 e. The number of hydrogen-bond acceptors (Lipinski definition) is 2. The normalized spacial score (nSPS) is 23.1. The molecule has 1 fully saturated rings. The number of likely N-dealkylation sites (tertiary alicyclic amines) is 1. The number of hydrogen-bond donors (Lipinski definition) is 1. The van der Waals surface area contributed by atoms with Crippen LogP contribution in [0.5, 0.6) is 0 Å². The maximum absolute atomic E-state index is 3.28. The summed E-state index contributed by atoms with van der Waals surface area (Å²) in [7, 11) is 2.06. The molecule has 1 heterocycles. The van der Waals surface area contributed by atoms with Gasteiger partial charge >= 0.3 is 0 Å². The zero-order valence-corrected chi connectivity index (χ0v) is 9.89. The summed E-state index contributed by atoms with van der Waals surface area (Å²) >= 11 is 0. The summed E-state index contributed by atoms with van der Waals surface area (Å²) in [5.41, 5.74) is 0. The van der Waals surface area contributed by atoms with Gasteiger partial charge in [-0.25, -0.2) is 0 Å². The first-order valence-electron chi connectivity index (χ1n) is 6.23. The van der Waals surface area contributed by atoms with Crippen molar-refractivity contribution in [1.82, 2.24) is 10.2 Å². The van der Waals surface area contributed by atoms with Gasteiger partial charge in [-0.1, -0.05) is 26.2 Å². The molecule has 0 amide bonds. The Morgan fingerprint density at radius 2 is 2.14 bits per heavy atom. The summed E-state index contributed by atoms with van der Waals surface area (Å²) in [6.07, 6.45) is 6.98. The Kier molecular flexibility index (Phi) is 6.20. The lowest BCUT2D eigenvalue weighted by Crippen LogP contribution is -2.25. The predicted octanol–water partition coefficient (Wildman–Crippen LogP) is 2.11. The van der Waals surface area contributed by atoms with Gasteiger partial charge < -0.3 is 10.2 Å². The monoisotopic (exact) mass is 198 g/mol. The maximum atomic E-state index is 3.28. The molecule has 1 unspecified atom stereocenters. The molecular weight excluding hydrogens is 172 g/mol. The molecule has 0 bridgehead atoms. The number of rotatable bonds is 7. The smallest absolute Gasteiger partial charge is 0.00223 e. The number of nitrogens with zero attached hydrogens (tertiary/aromatic N) is 1. The SMILES string of the molecule is CCCCCCN1CCC(CNC)C1. The van der Waals surface area contributed by atoms with Gasteiger partial charge in [-0.05, 0) is 45.4 Å². The maximum Gasteiger partial charge on any atom is 0.00223 e. The topological polar surface area (TPSA) is 15.3 Å². The van der Waals surface area contributed by atoms with Crippen LogP contribution in [0, 0.1) is 5.92 Å². The molecule has 1 aliphatic heterocycles. The van der Waals surface area contributed by atoms with Crippen LogP contribution in [0.3, 0.4) is 0 Å². The molecule has 14 heavy (non-hydrogen) atoms. The molecule has 0 aliphatic carbocycles. The van der Waals surface area contributed by atoms with Gasteiger partial charge in [0.25, 0.3) is 0 Å². The second kappa shape index (κ2) is 7.24. The highest BCUT2D eigenvalue weighted by atomic mass is 15.1. The van der Waals surface area contributed by atoms with E-state index in [1.54, 1.807) is 0 Å². The van der Waals surface area contributed by atoms with Crippen molar-refractivity contribution in [1.29, 1.82) is 0 Å². The molecule has 0 aromatic carbocycles. The van der Waals surface area contributed by atoms with E-state index in [1.165, 1.54) is 58.3 Å². The van der Waals surface area contributed by atoms with Gasteiger partial charge in [-0.3, -0.25) is 0 Å². The van der Waals surface area contributed by atoms with Crippen molar-refractivity contribution in [3.63, 3.8) is 0 Å². The summed E-state index contributed by atoms with van der Waals surface area (Å²) < 4.78 is 0. The molecule has 0 saturated carbocycles. The summed E-state index contributed by atoms with van der Waals surface area (Å²) in [6.45, 7) is 7.47. The van der Waals surface area contributed by atoms with Crippen LogP contribution in [-0.2, 0) is 0 Å². The van der Waals surface area contributed by atoms with Crippen molar-refractivity contribution >= 4 is 0 Å². The minimum absolute atomic E-state index is 0.908. The van der Waals surface area contributed by atoms with E-state index in [0.29, 0.717) is 0 Å². The Bertz CT molecular complexity index is 136. The lowest BCUT2D eigenvalue weighted by atomic mass is 10.1. The van der Waals surface area contributed by atoms with Crippen molar-refractivity contribution in [2.45, 2.75) is 39.0 Å². The third kappa shape index (κ3) is 4.43. The Morgan fingerprint density at radius 1 is 1.29 bits per heavy atom. The fraction of sp³-hybridized carbons (Fsp3) is 1.00. The molecule has 0 spiro atoms. The molecule has 0 aromatic heterocycles. The highest BCUT2D eigenvalue weighted by Crippen LogP contribution is 2.15. The molecular formula is C12H26N2. The first-order chi connectivity index (χ1) is 6.86. The van der Waals surface area contributed by atoms with Crippen LogP contribution >= 0.6 is 0 Å². The van der Waals surface area contributed by atoms with Gasteiger partial charge in [-0.15, -0.1) is 0 Å². The summed E-state index contributed by atoms with van der Waals surface area (Å²) in [5.74, 6) is 0.908. The quantitative estimate of drug-likeness (QED) is 0.630. The number of unbranched alkanes of at least 4 members (excludes halogenated alkanes) is 3. The zero-order chi connectivity index (χ0) is 10.2. The van der Waals surface area contributed by atoms with Gasteiger partial charge in [0.1, 0.15) is 0 Å². The second-order valence-electron chi connectivity index (χ2n) is 4.57. The average Bonchev–Trinajstić information content (AvgIpc) is 2.61. The minimum Gasteiger partial charge on any atom is -0.319 e. The molecule has 84 valence electrons. The van der Waals surface area contributed by atoms with Crippen LogP contribution in [0.25, 0.3) is 0 Å². The third-order valence-electron chi connectivity index (χ3n) is 3.19. The highest BCUT2D eigenvalue weighted by molar-refractivity contribution is 4.76. The molecule has 1 atom stereocenters. The van der Waals surface area contributed by atoms with Crippen LogP contribution < -0.4 is 5.32 Å². The summed E-state index contributed by atoms with van der Waals surface area (Å²) in [4.78, 5) is 2.64. The van der Waals surface area contributed by atoms with E-state index in [4.69, 9.17) is 0 Å². The first-order valence-corrected chi connectivity index (χ1v) is 6.23. The van der Waals surface area contributed by atoms with E-state index in [2.05, 4.69) is 24.2 Å². The molecule has 2 heteroatoms. The van der Waals surface area contributed by atoms with Crippen LogP contribution in [-0.4, -0.2) is 38.1 Å². The van der Waals surface area contributed by atoms with Crippen molar-refractivity contribution in [2.75, 3.05) is 33.2 Å². The fourth-order valence-electron chi connectivity index (χ4n) is 2.33. The van der Waals surface area contributed by atoms with Crippen LogP contribution in [0.15, 0.2) is 0 Å². The van der Waals surface area contributed by atoms with Gasteiger partial charge in [0, 0.05) is 6.54 Å². The van der Waals surface area contributed by atoms with E-state index in [9.17, 15) is 0 Å². The van der Waals surface area contributed by atoms with Gasteiger partial charge in [0.2, 0.25) is 0 Å². The first kappa shape index (κ1) is 12.0. The Hall–Kier alpha value is -0.0800. The van der Waals surface area contributed by atoms with Gasteiger partial charge in [-0.2, -0.15) is 0 Å². The van der Waals surface area contributed by atoms with Crippen molar-refractivity contribution in [3.8, 4) is 0 Å². The van der Waals surface area contributed by atoms with E-state index in [0.717, 1.165) is 5.92 Å². The average molecular weight is 198 g/mol. The van der Waals surface area contributed by atoms with Crippen molar-refractivity contribution in [3.05, 3.63) is 0 Å². The fourth-order valence-corrected chi connectivity index (χ4v) is 2.33. The Balaban J connectivity index is 1.98. The van der Waals surface area contributed by atoms with Crippen LogP contribution in [0.1, 0.15) is 39.0 Å². The molecule has 1 saturated heterocycles. The van der Waals surface area contributed by atoms with Crippen molar-refractivity contribution < 1.29 is 0 Å². The lowest BCUT2D eigenvalue weighted by molar-refractivity contribution is 0.314.